The van der Waals surface area contributed by atoms with Crippen molar-refractivity contribution >= 4 is 11.9 Å². The van der Waals surface area contributed by atoms with Gasteiger partial charge in [0.15, 0.2) is 0 Å². The molecule has 0 aliphatic carbocycles. The maximum Gasteiger partial charge on any atom is 0.291 e. The van der Waals surface area contributed by atoms with Gasteiger partial charge in [0.2, 0.25) is 0 Å². The first-order valence-electron chi connectivity index (χ1n) is 6.81. The Morgan fingerprint density at radius 1 is 1.45 bits per heavy atom. The molecule has 1 N–H and O–H groups in total. The Morgan fingerprint density at radius 2 is 2.20 bits per heavy atom. The van der Waals surface area contributed by atoms with Gasteiger partial charge in [-0.05, 0) is 38.5 Å². The highest BCUT2D eigenvalue weighted by atomic mass is 19.1. The summed E-state index contributed by atoms with van der Waals surface area (Å²) in [5, 5.41) is 2.57. The summed E-state index contributed by atoms with van der Waals surface area (Å²) in [5.41, 5.74) is 0.237. The van der Waals surface area contributed by atoms with Gasteiger partial charge in [0, 0.05) is 12.1 Å². The average molecular weight is 280 g/mol. The maximum atomic E-state index is 13.1. The van der Waals surface area contributed by atoms with Crippen LogP contribution in [0.2, 0.25) is 0 Å². The van der Waals surface area contributed by atoms with Crippen molar-refractivity contribution in [2.75, 3.05) is 6.54 Å². The number of carbonyl (C=O) groups is 1. The van der Waals surface area contributed by atoms with Crippen molar-refractivity contribution in [3.8, 4) is 0 Å². The molecule has 1 rings (SSSR count). The Balaban J connectivity index is 2.73. The van der Waals surface area contributed by atoms with Crippen molar-refractivity contribution in [2.45, 2.75) is 39.7 Å². The van der Waals surface area contributed by atoms with Crippen LogP contribution in [0.15, 0.2) is 29.3 Å². The molecule has 0 aliphatic rings. The average Bonchev–Trinajstić information content (AvgIpc) is 2.38. The van der Waals surface area contributed by atoms with E-state index >= 15 is 0 Å². The molecule has 0 saturated heterocycles. The molecule has 0 unspecified atom stereocenters. The van der Waals surface area contributed by atoms with Crippen molar-refractivity contribution in [3.63, 3.8) is 0 Å². The Labute approximate surface area is 119 Å². The number of carbonyl (C=O) groups excluding carboxylic acids is 1. The molecule has 0 bridgehead atoms. The van der Waals surface area contributed by atoms with Gasteiger partial charge in [0.25, 0.3) is 11.9 Å². The molecule has 4 nitrogen and oxygen atoms in total. The lowest BCUT2D eigenvalue weighted by Gasteiger charge is -2.13. The van der Waals surface area contributed by atoms with Gasteiger partial charge in [0.05, 0.1) is 6.10 Å². The van der Waals surface area contributed by atoms with Gasteiger partial charge in [-0.3, -0.25) is 10.1 Å². The summed E-state index contributed by atoms with van der Waals surface area (Å²) in [7, 11) is 0. The van der Waals surface area contributed by atoms with E-state index in [9.17, 15) is 9.18 Å². The second-order valence-electron chi connectivity index (χ2n) is 4.67. The molecule has 0 saturated carbocycles. The fourth-order valence-electron chi connectivity index (χ4n) is 1.47. The summed E-state index contributed by atoms with van der Waals surface area (Å²) in [5.74, 6) is -0.882. The predicted octanol–water partition coefficient (Wildman–Crippen LogP) is 3.14. The molecular formula is C15H21FN2O2. The van der Waals surface area contributed by atoms with Gasteiger partial charge in [-0.15, -0.1) is 0 Å². The number of unbranched alkanes of at least 4 members (excludes halogenated alkanes) is 1. The third-order valence-corrected chi connectivity index (χ3v) is 2.42. The summed E-state index contributed by atoms with van der Waals surface area (Å²) in [6.45, 7) is 6.35. The van der Waals surface area contributed by atoms with E-state index in [1.165, 1.54) is 24.3 Å². The molecule has 0 radical (unpaired) electrons. The van der Waals surface area contributed by atoms with Crippen LogP contribution in [0.5, 0.6) is 0 Å². The Hall–Kier alpha value is -1.91. The number of nitrogens with zero attached hydrogens (tertiary/aromatic N) is 1. The maximum absolute atomic E-state index is 13.1. The second kappa shape index (κ2) is 8.30. The Morgan fingerprint density at radius 3 is 2.80 bits per heavy atom. The smallest absolute Gasteiger partial charge is 0.291 e. The van der Waals surface area contributed by atoms with E-state index in [0.717, 1.165) is 12.8 Å². The molecule has 0 heterocycles. The van der Waals surface area contributed by atoms with Crippen LogP contribution in [-0.4, -0.2) is 24.6 Å². The lowest BCUT2D eigenvalue weighted by atomic mass is 10.2. The van der Waals surface area contributed by atoms with E-state index in [0.29, 0.717) is 6.54 Å². The fourth-order valence-corrected chi connectivity index (χ4v) is 1.47. The summed E-state index contributed by atoms with van der Waals surface area (Å²) in [6, 6.07) is 5.67. The normalized spacial score (nSPS) is 11.6. The molecule has 110 valence electrons. The van der Waals surface area contributed by atoms with E-state index < -0.39 is 11.7 Å². The molecule has 0 atom stereocenters. The number of rotatable bonds is 5. The third-order valence-electron chi connectivity index (χ3n) is 2.42. The van der Waals surface area contributed by atoms with Crippen molar-refractivity contribution in [1.29, 1.82) is 0 Å². The highest BCUT2D eigenvalue weighted by molar-refractivity contribution is 6.04. The molecule has 5 heteroatoms. The molecule has 20 heavy (non-hydrogen) atoms. The minimum Gasteiger partial charge on any atom is -0.462 e. The van der Waals surface area contributed by atoms with Crippen LogP contribution in [0.3, 0.4) is 0 Å². The first-order valence-corrected chi connectivity index (χ1v) is 6.81. The van der Waals surface area contributed by atoms with E-state index in [2.05, 4.69) is 17.2 Å². The molecule has 0 spiro atoms. The van der Waals surface area contributed by atoms with Crippen LogP contribution < -0.4 is 5.32 Å². The van der Waals surface area contributed by atoms with Crippen LogP contribution in [-0.2, 0) is 4.74 Å². The number of amides is 1. The fraction of sp³-hybridized carbons (Fsp3) is 0.467. The summed E-state index contributed by atoms with van der Waals surface area (Å²) in [4.78, 5) is 16.2. The summed E-state index contributed by atoms with van der Waals surface area (Å²) >= 11 is 0. The first-order chi connectivity index (χ1) is 9.52. The zero-order valence-corrected chi connectivity index (χ0v) is 12.1. The predicted molar refractivity (Wildman–Crippen MR) is 77.3 cm³/mol. The quantitative estimate of drug-likeness (QED) is 0.512. The van der Waals surface area contributed by atoms with Crippen LogP contribution >= 0.6 is 0 Å². The number of hydrogen-bond acceptors (Lipinski definition) is 3. The number of ether oxygens (including phenoxy) is 1. The number of aliphatic imine (C=N–C) groups is 1. The van der Waals surface area contributed by atoms with E-state index in [-0.39, 0.29) is 17.7 Å². The summed E-state index contributed by atoms with van der Waals surface area (Å²) in [6.07, 6.45) is 1.83. The molecular weight excluding hydrogens is 259 g/mol. The van der Waals surface area contributed by atoms with Gasteiger partial charge < -0.3 is 4.74 Å². The number of hydrogen-bond donors (Lipinski definition) is 1. The minimum absolute atomic E-state index is 0.0943. The molecule has 1 aromatic carbocycles. The minimum atomic E-state index is -0.452. The number of benzene rings is 1. The van der Waals surface area contributed by atoms with E-state index in [1.807, 2.05) is 13.8 Å². The SMILES string of the molecule is CCCCN=C(NC(=O)c1cccc(F)c1)OC(C)C. The van der Waals surface area contributed by atoms with Crippen molar-refractivity contribution in [2.24, 2.45) is 4.99 Å². The topological polar surface area (TPSA) is 50.7 Å². The first kappa shape index (κ1) is 16.1. The molecule has 0 fully saturated rings. The van der Waals surface area contributed by atoms with E-state index in [4.69, 9.17) is 4.74 Å². The van der Waals surface area contributed by atoms with Gasteiger partial charge in [-0.25, -0.2) is 9.38 Å². The van der Waals surface area contributed by atoms with Crippen LogP contribution in [0.25, 0.3) is 0 Å². The zero-order valence-electron chi connectivity index (χ0n) is 12.1. The Kier molecular flexibility index (Phi) is 6.70. The van der Waals surface area contributed by atoms with Crippen molar-refractivity contribution in [3.05, 3.63) is 35.6 Å². The molecule has 1 amide bonds. The monoisotopic (exact) mass is 280 g/mol. The Bertz CT molecular complexity index is 473. The third kappa shape index (κ3) is 5.82. The number of amidine groups is 1. The molecule has 1 aromatic rings. The van der Waals surface area contributed by atoms with Crippen LogP contribution in [0, 0.1) is 5.82 Å². The van der Waals surface area contributed by atoms with Crippen LogP contribution in [0.1, 0.15) is 44.0 Å². The number of halogens is 1. The highest BCUT2D eigenvalue weighted by Crippen LogP contribution is 2.03. The van der Waals surface area contributed by atoms with Gasteiger partial charge in [0.1, 0.15) is 5.82 Å². The zero-order chi connectivity index (χ0) is 15.0. The molecule has 0 aromatic heterocycles. The van der Waals surface area contributed by atoms with Gasteiger partial charge >= 0.3 is 0 Å². The van der Waals surface area contributed by atoms with E-state index in [1.54, 1.807) is 0 Å². The standard InChI is InChI=1S/C15H21FN2O2/c1-4-5-9-17-15(20-11(2)3)18-14(19)12-7-6-8-13(16)10-12/h6-8,10-11H,4-5,9H2,1-3H3,(H,17,18,19). The number of nitrogens with one attached hydrogen (secondary N) is 1. The highest BCUT2D eigenvalue weighted by Gasteiger charge is 2.11. The van der Waals surface area contributed by atoms with Gasteiger partial charge in [-0.2, -0.15) is 0 Å². The lowest BCUT2D eigenvalue weighted by molar-refractivity contribution is 0.0959. The van der Waals surface area contributed by atoms with Crippen molar-refractivity contribution < 1.29 is 13.9 Å². The van der Waals surface area contributed by atoms with Crippen molar-refractivity contribution in [1.82, 2.24) is 5.32 Å². The van der Waals surface area contributed by atoms with Crippen LogP contribution in [0.4, 0.5) is 4.39 Å². The van der Waals surface area contributed by atoms with Gasteiger partial charge in [-0.1, -0.05) is 19.4 Å². The molecule has 0 aliphatic heterocycles. The summed E-state index contributed by atoms with van der Waals surface area (Å²) < 4.78 is 18.5. The second-order valence-corrected chi connectivity index (χ2v) is 4.67. The lowest BCUT2D eigenvalue weighted by Crippen LogP contribution is -2.34. The largest absolute Gasteiger partial charge is 0.462 e.